The Kier molecular flexibility index (Phi) is 8.30. The van der Waals surface area contributed by atoms with Gasteiger partial charge in [-0.1, -0.05) is 48.5 Å². The predicted octanol–water partition coefficient (Wildman–Crippen LogP) is 4.68. The van der Waals surface area contributed by atoms with E-state index in [2.05, 4.69) is 21.9 Å². The Labute approximate surface area is 191 Å². The molecule has 1 amide bonds. The molecule has 2 aliphatic rings. The Bertz CT molecular complexity index is 846. The summed E-state index contributed by atoms with van der Waals surface area (Å²) in [7, 11) is 0. The number of ether oxygens (including phenoxy) is 1. The zero-order chi connectivity index (χ0) is 22.2. The van der Waals surface area contributed by atoms with Gasteiger partial charge in [0.05, 0.1) is 6.10 Å². The molecule has 0 radical (unpaired) electrons. The summed E-state index contributed by atoms with van der Waals surface area (Å²) in [5, 5.41) is 0. The molecule has 0 N–H and O–H groups in total. The number of halogens is 1. The van der Waals surface area contributed by atoms with Crippen LogP contribution in [0.25, 0.3) is 0 Å². The Balaban J connectivity index is 1.29. The number of hydrogen-bond acceptors (Lipinski definition) is 3. The van der Waals surface area contributed by atoms with Crippen molar-refractivity contribution in [2.75, 3.05) is 32.8 Å². The number of carbonyl (C=O) groups excluding carboxylic acids is 1. The van der Waals surface area contributed by atoms with E-state index in [-0.39, 0.29) is 17.8 Å². The number of benzene rings is 2. The molecule has 1 atom stereocenters. The van der Waals surface area contributed by atoms with Crippen LogP contribution in [0.5, 0.6) is 0 Å². The van der Waals surface area contributed by atoms with Crippen LogP contribution in [-0.4, -0.2) is 54.6 Å². The summed E-state index contributed by atoms with van der Waals surface area (Å²) < 4.78 is 19.8. The largest absolute Gasteiger partial charge is 0.376 e. The first-order valence-corrected chi connectivity index (χ1v) is 12.1. The average molecular weight is 439 g/mol. The minimum Gasteiger partial charge on any atom is -0.376 e. The van der Waals surface area contributed by atoms with Crippen molar-refractivity contribution in [2.24, 2.45) is 5.92 Å². The van der Waals surface area contributed by atoms with Gasteiger partial charge in [0.2, 0.25) is 5.91 Å². The molecule has 0 aromatic heterocycles. The van der Waals surface area contributed by atoms with Crippen LogP contribution in [-0.2, 0) is 22.5 Å². The number of rotatable bonds is 9. The quantitative estimate of drug-likeness (QED) is 0.570. The highest BCUT2D eigenvalue weighted by Gasteiger charge is 2.27. The van der Waals surface area contributed by atoms with Gasteiger partial charge in [0.25, 0.3) is 0 Å². The van der Waals surface area contributed by atoms with Crippen molar-refractivity contribution >= 4 is 5.91 Å². The Morgan fingerprint density at radius 2 is 1.75 bits per heavy atom. The van der Waals surface area contributed by atoms with Crippen LogP contribution in [0.2, 0.25) is 0 Å². The van der Waals surface area contributed by atoms with E-state index in [1.807, 2.05) is 30.3 Å². The molecular formula is C27H35FN2O2. The Morgan fingerprint density at radius 1 is 1.00 bits per heavy atom. The molecule has 2 aromatic rings. The van der Waals surface area contributed by atoms with Crippen LogP contribution in [0, 0.1) is 11.7 Å². The summed E-state index contributed by atoms with van der Waals surface area (Å²) in [4.78, 5) is 17.5. The molecule has 2 fully saturated rings. The number of piperidine rings is 1. The third kappa shape index (κ3) is 6.63. The number of likely N-dealkylation sites (tertiary alicyclic amines) is 1. The van der Waals surface area contributed by atoms with Crippen molar-refractivity contribution < 1.29 is 13.9 Å². The van der Waals surface area contributed by atoms with Crippen molar-refractivity contribution in [3.05, 3.63) is 71.5 Å². The lowest BCUT2D eigenvalue weighted by Crippen LogP contribution is -2.43. The summed E-state index contributed by atoms with van der Waals surface area (Å²) in [6.45, 7) is 4.89. The fourth-order valence-electron chi connectivity index (χ4n) is 4.87. The van der Waals surface area contributed by atoms with Crippen LogP contribution in [0.15, 0.2) is 54.6 Å². The normalized spacial score (nSPS) is 19.8. The van der Waals surface area contributed by atoms with Crippen molar-refractivity contribution in [3.8, 4) is 0 Å². The van der Waals surface area contributed by atoms with Gasteiger partial charge in [-0.05, 0) is 62.7 Å². The van der Waals surface area contributed by atoms with Gasteiger partial charge in [-0.15, -0.1) is 0 Å². The van der Waals surface area contributed by atoms with Crippen molar-refractivity contribution in [1.82, 2.24) is 9.80 Å². The molecule has 2 aromatic carbocycles. The standard InChI is InChI=1S/C27H35FN2O2/c28-26-11-5-4-9-24(26)20-29-16-14-23(15-17-29)19-30(21-25-10-6-18-32-25)27(31)13-12-22-7-2-1-3-8-22/h1-5,7-9,11,23,25H,6,10,12-21H2/t25-/m0/s1. The topological polar surface area (TPSA) is 32.8 Å². The molecule has 2 saturated heterocycles. The van der Waals surface area contributed by atoms with Crippen LogP contribution < -0.4 is 0 Å². The van der Waals surface area contributed by atoms with Crippen LogP contribution in [0.1, 0.15) is 43.2 Å². The van der Waals surface area contributed by atoms with Gasteiger partial charge in [0.1, 0.15) is 5.82 Å². The number of amides is 1. The zero-order valence-electron chi connectivity index (χ0n) is 18.9. The Morgan fingerprint density at radius 3 is 2.47 bits per heavy atom. The van der Waals surface area contributed by atoms with E-state index in [0.717, 1.165) is 63.9 Å². The Hall–Kier alpha value is -2.24. The molecule has 0 saturated carbocycles. The van der Waals surface area contributed by atoms with Gasteiger partial charge in [-0.25, -0.2) is 4.39 Å². The molecule has 0 spiro atoms. The summed E-state index contributed by atoms with van der Waals surface area (Å²) >= 11 is 0. The molecule has 5 heteroatoms. The maximum absolute atomic E-state index is 14.0. The second kappa shape index (κ2) is 11.6. The fourth-order valence-corrected chi connectivity index (χ4v) is 4.87. The zero-order valence-corrected chi connectivity index (χ0v) is 18.9. The van der Waals surface area contributed by atoms with E-state index in [0.29, 0.717) is 25.4 Å². The summed E-state index contributed by atoms with van der Waals surface area (Å²) in [6, 6.07) is 17.3. The van der Waals surface area contributed by atoms with E-state index in [4.69, 9.17) is 4.74 Å². The third-order valence-electron chi connectivity index (χ3n) is 6.81. The molecule has 0 aliphatic carbocycles. The van der Waals surface area contributed by atoms with Crippen LogP contribution in [0.3, 0.4) is 0 Å². The van der Waals surface area contributed by atoms with Gasteiger partial charge < -0.3 is 9.64 Å². The smallest absolute Gasteiger partial charge is 0.222 e. The number of aryl methyl sites for hydroxylation is 1. The van der Waals surface area contributed by atoms with Gasteiger partial charge in [-0.3, -0.25) is 9.69 Å². The lowest BCUT2D eigenvalue weighted by Gasteiger charge is -2.35. The summed E-state index contributed by atoms with van der Waals surface area (Å²) in [6.07, 6.45) is 5.72. The van der Waals surface area contributed by atoms with Gasteiger partial charge in [0, 0.05) is 38.2 Å². The first-order valence-electron chi connectivity index (χ1n) is 12.1. The number of nitrogens with zero attached hydrogens (tertiary/aromatic N) is 2. The molecule has 4 rings (SSSR count). The maximum Gasteiger partial charge on any atom is 0.222 e. The molecule has 32 heavy (non-hydrogen) atoms. The molecule has 4 nitrogen and oxygen atoms in total. The fraction of sp³-hybridized carbons (Fsp3) is 0.519. The van der Waals surface area contributed by atoms with Crippen molar-refractivity contribution in [1.29, 1.82) is 0 Å². The highest BCUT2D eigenvalue weighted by atomic mass is 19.1. The van der Waals surface area contributed by atoms with Crippen molar-refractivity contribution in [3.63, 3.8) is 0 Å². The first kappa shape index (κ1) is 22.9. The highest BCUT2D eigenvalue weighted by Crippen LogP contribution is 2.23. The summed E-state index contributed by atoms with van der Waals surface area (Å²) in [5.74, 6) is 0.605. The van der Waals surface area contributed by atoms with E-state index >= 15 is 0 Å². The maximum atomic E-state index is 14.0. The van der Waals surface area contributed by atoms with E-state index in [1.165, 1.54) is 11.6 Å². The minimum atomic E-state index is -0.124. The van der Waals surface area contributed by atoms with Gasteiger partial charge >= 0.3 is 0 Å². The van der Waals surface area contributed by atoms with Crippen molar-refractivity contribution in [2.45, 2.75) is 51.2 Å². The highest BCUT2D eigenvalue weighted by molar-refractivity contribution is 5.76. The SMILES string of the molecule is O=C(CCc1ccccc1)N(CC1CCN(Cc2ccccc2F)CC1)C[C@@H]1CCCO1. The van der Waals surface area contributed by atoms with E-state index in [9.17, 15) is 9.18 Å². The number of carbonyl (C=O) groups is 1. The number of hydrogen-bond donors (Lipinski definition) is 0. The lowest BCUT2D eigenvalue weighted by atomic mass is 9.95. The monoisotopic (exact) mass is 438 g/mol. The summed E-state index contributed by atoms with van der Waals surface area (Å²) in [5.41, 5.74) is 1.97. The second-order valence-electron chi connectivity index (χ2n) is 9.23. The molecule has 0 bridgehead atoms. The molecular weight excluding hydrogens is 403 g/mol. The predicted molar refractivity (Wildman–Crippen MR) is 125 cm³/mol. The first-order chi connectivity index (χ1) is 15.7. The average Bonchev–Trinajstić information content (AvgIpc) is 3.34. The molecule has 2 aliphatic heterocycles. The molecule has 172 valence electrons. The minimum absolute atomic E-state index is 0.124. The van der Waals surface area contributed by atoms with Gasteiger partial charge in [-0.2, -0.15) is 0 Å². The lowest BCUT2D eigenvalue weighted by molar-refractivity contribution is -0.133. The van der Waals surface area contributed by atoms with Crippen LogP contribution in [0.4, 0.5) is 4.39 Å². The van der Waals surface area contributed by atoms with E-state index in [1.54, 1.807) is 6.07 Å². The van der Waals surface area contributed by atoms with Gasteiger partial charge in [0.15, 0.2) is 0 Å². The molecule has 2 heterocycles. The molecule has 0 unspecified atom stereocenters. The third-order valence-corrected chi connectivity index (χ3v) is 6.81. The van der Waals surface area contributed by atoms with E-state index < -0.39 is 0 Å². The van der Waals surface area contributed by atoms with Crippen LogP contribution >= 0.6 is 0 Å². The second-order valence-corrected chi connectivity index (χ2v) is 9.23.